The van der Waals surface area contributed by atoms with Crippen molar-refractivity contribution in [3.05, 3.63) is 34.4 Å². The van der Waals surface area contributed by atoms with Crippen LogP contribution in [0.4, 0.5) is 11.4 Å². The molecule has 0 saturated carbocycles. The van der Waals surface area contributed by atoms with Crippen LogP contribution < -0.4 is 10.2 Å². The quantitative estimate of drug-likeness (QED) is 0.670. The average Bonchev–Trinajstić information content (AvgIpc) is 2.46. The summed E-state index contributed by atoms with van der Waals surface area (Å²) in [5, 5.41) is 14.2. The zero-order chi connectivity index (χ0) is 13.8. The van der Waals surface area contributed by atoms with E-state index < -0.39 is 0 Å². The lowest BCUT2D eigenvalue weighted by Gasteiger charge is -2.41. The normalized spacial score (nSPS) is 23.4. The van der Waals surface area contributed by atoms with Crippen molar-refractivity contribution in [3.63, 3.8) is 0 Å². The van der Waals surface area contributed by atoms with Crippen LogP contribution in [0.1, 0.15) is 26.7 Å². The van der Waals surface area contributed by atoms with Gasteiger partial charge < -0.3 is 10.2 Å². The summed E-state index contributed by atoms with van der Waals surface area (Å²) in [7, 11) is 0. The van der Waals surface area contributed by atoms with Crippen molar-refractivity contribution in [2.75, 3.05) is 18.0 Å². The first-order valence-corrected chi connectivity index (χ1v) is 6.90. The molecule has 5 heteroatoms. The molecule has 2 atom stereocenters. The predicted octanol–water partition coefficient (Wildman–Crippen LogP) is 2.56. The van der Waals surface area contributed by atoms with Gasteiger partial charge in [-0.15, -0.1) is 0 Å². The Morgan fingerprint density at radius 1 is 1.32 bits per heavy atom. The van der Waals surface area contributed by atoms with Crippen LogP contribution in [0.5, 0.6) is 0 Å². The smallest absolute Gasteiger partial charge is 0.269 e. The van der Waals surface area contributed by atoms with E-state index in [4.69, 9.17) is 0 Å². The molecule has 0 amide bonds. The molecule has 1 aromatic carbocycles. The number of hydrogen-bond donors (Lipinski definition) is 1. The van der Waals surface area contributed by atoms with Crippen LogP contribution in [0, 0.1) is 10.1 Å². The molecule has 19 heavy (non-hydrogen) atoms. The van der Waals surface area contributed by atoms with Crippen molar-refractivity contribution in [2.45, 2.75) is 38.8 Å². The van der Waals surface area contributed by atoms with Crippen molar-refractivity contribution < 1.29 is 4.92 Å². The molecular formula is C14H21N3O2. The molecule has 2 unspecified atom stereocenters. The second-order valence-electron chi connectivity index (χ2n) is 5.00. The first kappa shape index (κ1) is 13.8. The number of anilines is 1. The number of hydrogen-bond acceptors (Lipinski definition) is 4. The molecule has 0 spiro atoms. The van der Waals surface area contributed by atoms with Gasteiger partial charge in [-0.3, -0.25) is 10.1 Å². The Bertz CT molecular complexity index is 433. The van der Waals surface area contributed by atoms with E-state index in [1.54, 1.807) is 12.1 Å². The number of non-ortho nitro benzene ring substituents is 1. The highest BCUT2D eigenvalue weighted by molar-refractivity contribution is 5.52. The SMILES string of the molecule is CCC1CN(c2ccc([N+](=O)[O-])cc2)C(CC)CN1. The summed E-state index contributed by atoms with van der Waals surface area (Å²) in [4.78, 5) is 12.7. The monoisotopic (exact) mass is 263 g/mol. The summed E-state index contributed by atoms with van der Waals surface area (Å²) in [6, 6.07) is 7.86. The second-order valence-corrected chi connectivity index (χ2v) is 5.00. The molecule has 1 heterocycles. The van der Waals surface area contributed by atoms with Gasteiger partial charge in [0, 0.05) is 43.0 Å². The molecule has 0 aliphatic carbocycles. The Kier molecular flexibility index (Phi) is 4.37. The maximum atomic E-state index is 10.7. The fourth-order valence-corrected chi connectivity index (χ4v) is 2.58. The highest BCUT2D eigenvalue weighted by atomic mass is 16.6. The van der Waals surface area contributed by atoms with Gasteiger partial charge in [-0.25, -0.2) is 0 Å². The van der Waals surface area contributed by atoms with Gasteiger partial charge in [0.05, 0.1) is 4.92 Å². The van der Waals surface area contributed by atoms with Crippen molar-refractivity contribution in [1.29, 1.82) is 0 Å². The Hall–Kier alpha value is -1.62. The van der Waals surface area contributed by atoms with Crippen molar-refractivity contribution in [2.24, 2.45) is 0 Å². The Morgan fingerprint density at radius 3 is 2.53 bits per heavy atom. The summed E-state index contributed by atoms with van der Waals surface area (Å²) in [6.45, 7) is 6.30. The van der Waals surface area contributed by atoms with Gasteiger partial charge >= 0.3 is 0 Å². The number of benzene rings is 1. The second kappa shape index (κ2) is 6.02. The topological polar surface area (TPSA) is 58.4 Å². The Labute approximate surface area is 113 Å². The molecule has 2 rings (SSSR count). The summed E-state index contributed by atoms with van der Waals surface area (Å²) >= 11 is 0. The summed E-state index contributed by atoms with van der Waals surface area (Å²) < 4.78 is 0. The molecule has 0 bridgehead atoms. The van der Waals surface area contributed by atoms with Crippen LogP contribution in [0.25, 0.3) is 0 Å². The lowest BCUT2D eigenvalue weighted by molar-refractivity contribution is -0.384. The third kappa shape index (κ3) is 3.04. The van der Waals surface area contributed by atoms with Crippen LogP contribution in [0.2, 0.25) is 0 Å². The standard InChI is InChI=1S/C14H21N3O2/c1-3-11-10-16(12(4-2)9-15-11)13-5-7-14(8-6-13)17(18)19/h5-8,11-12,15H,3-4,9-10H2,1-2H3. The van der Waals surface area contributed by atoms with Crippen LogP contribution in [-0.2, 0) is 0 Å². The number of nitrogens with zero attached hydrogens (tertiary/aromatic N) is 2. The largest absolute Gasteiger partial charge is 0.366 e. The minimum absolute atomic E-state index is 0.152. The van der Waals surface area contributed by atoms with Gasteiger partial charge in [-0.1, -0.05) is 13.8 Å². The zero-order valence-corrected chi connectivity index (χ0v) is 11.5. The van der Waals surface area contributed by atoms with E-state index >= 15 is 0 Å². The van der Waals surface area contributed by atoms with Crippen LogP contribution in [0.3, 0.4) is 0 Å². The third-order valence-electron chi connectivity index (χ3n) is 3.86. The molecule has 1 aromatic rings. The fourth-order valence-electron chi connectivity index (χ4n) is 2.58. The number of nitro benzene ring substituents is 1. The molecule has 1 aliphatic rings. The van der Waals surface area contributed by atoms with Crippen LogP contribution in [-0.4, -0.2) is 30.1 Å². The molecule has 5 nitrogen and oxygen atoms in total. The maximum absolute atomic E-state index is 10.7. The number of rotatable bonds is 4. The molecule has 1 N–H and O–H groups in total. The van der Waals surface area contributed by atoms with Gasteiger partial charge in [0.1, 0.15) is 0 Å². The van der Waals surface area contributed by atoms with Crippen molar-refractivity contribution in [3.8, 4) is 0 Å². The molecule has 1 aliphatic heterocycles. The molecule has 0 radical (unpaired) electrons. The average molecular weight is 263 g/mol. The molecule has 1 fully saturated rings. The first-order chi connectivity index (χ1) is 9.15. The van der Waals surface area contributed by atoms with Crippen LogP contribution >= 0.6 is 0 Å². The zero-order valence-electron chi connectivity index (χ0n) is 11.5. The van der Waals surface area contributed by atoms with E-state index in [9.17, 15) is 10.1 Å². The van der Waals surface area contributed by atoms with Gasteiger partial charge in [-0.05, 0) is 25.0 Å². The van der Waals surface area contributed by atoms with Gasteiger partial charge in [0.15, 0.2) is 0 Å². The summed E-state index contributed by atoms with van der Waals surface area (Å²) in [6.07, 6.45) is 2.17. The minimum Gasteiger partial charge on any atom is -0.366 e. The van der Waals surface area contributed by atoms with E-state index in [1.807, 2.05) is 12.1 Å². The number of nitro groups is 1. The summed E-state index contributed by atoms with van der Waals surface area (Å²) in [5.74, 6) is 0. The molecule has 1 saturated heterocycles. The molecule has 0 aromatic heterocycles. The lowest BCUT2D eigenvalue weighted by atomic mass is 10.0. The predicted molar refractivity (Wildman–Crippen MR) is 76.6 cm³/mol. The van der Waals surface area contributed by atoms with Gasteiger partial charge in [0.25, 0.3) is 5.69 Å². The Balaban J connectivity index is 2.18. The van der Waals surface area contributed by atoms with E-state index in [-0.39, 0.29) is 10.6 Å². The van der Waals surface area contributed by atoms with Gasteiger partial charge in [0.2, 0.25) is 0 Å². The van der Waals surface area contributed by atoms with E-state index in [2.05, 4.69) is 24.1 Å². The summed E-state index contributed by atoms with van der Waals surface area (Å²) in [5.41, 5.74) is 1.23. The van der Waals surface area contributed by atoms with Gasteiger partial charge in [-0.2, -0.15) is 0 Å². The third-order valence-corrected chi connectivity index (χ3v) is 3.86. The first-order valence-electron chi connectivity index (χ1n) is 6.90. The number of nitrogens with one attached hydrogen (secondary N) is 1. The Morgan fingerprint density at radius 2 is 2.00 bits per heavy atom. The minimum atomic E-state index is -0.353. The van der Waals surface area contributed by atoms with E-state index in [0.717, 1.165) is 31.6 Å². The highest BCUT2D eigenvalue weighted by Gasteiger charge is 2.26. The van der Waals surface area contributed by atoms with Crippen molar-refractivity contribution in [1.82, 2.24) is 5.32 Å². The fraction of sp³-hybridized carbons (Fsp3) is 0.571. The van der Waals surface area contributed by atoms with E-state index in [1.165, 1.54) is 0 Å². The lowest BCUT2D eigenvalue weighted by Crippen LogP contribution is -2.56. The highest BCUT2D eigenvalue weighted by Crippen LogP contribution is 2.24. The molecular weight excluding hydrogens is 242 g/mol. The van der Waals surface area contributed by atoms with Crippen LogP contribution in [0.15, 0.2) is 24.3 Å². The number of piperazine rings is 1. The maximum Gasteiger partial charge on any atom is 0.269 e. The van der Waals surface area contributed by atoms with Crippen molar-refractivity contribution >= 4 is 11.4 Å². The van der Waals surface area contributed by atoms with E-state index in [0.29, 0.717) is 12.1 Å². The molecule has 104 valence electrons.